The molecule has 32 heavy (non-hydrogen) atoms. The molecule has 8 heteroatoms. The molecule has 0 aliphatic carbocycles. The molecule has 1 aliphatic heterocycles. The standard InChI is InChI=1S/C24H27N5O3/c1-15-6-4-7-17(14-15)22-21(23(31)26-18-9-11-19(32-3)12-10-18)16(2)25-24-27-20(8-5-13-30)28-29(22)24/h4,6-7,9-12,14,22,30H,5,8,13H2,1-3H3,(H,26,31)(H,25,27,28). The van der Waals surface area contributed by atoms with E-state index in [0.717, 1.165) is 22.6 Å². The number of anilines is 2. The van der Waals surface area contributed by atoms with Gasteiger partial charge in [-0.25, -0.2) is 4.68 Å². The number of benzene rings is 2. The minimum Gasteiger partial charge on any atom is -0.497 e. The van der Waals surface area contributed by atoms with Gasteiger partial charge < -0.3 is 20.5 Å². The number of methoxy groups -OCH3 is 1. The number of hydrogen-bond donors (Lipinski definition) is 3. The summed E-state index contributed by atoms with van der Waals surface area (Å²) < 4.78 is 6.96. The molecule has 1 aromatic heterocycles. The first kappa shape index (κ1) is 21.6. The number of aliphatic hydroxyl groups excluding tert-OH is 1. The number of ether oxygens (including phenoxy) is 1. The molecule has 0 fully saturated rings. The molecule has 1 atom stereocenters. The fourth-order valence-corrected chi connectivity index (χ4v) is 3.85. The van der Waals surface area contributed by atoms with E-state index in [0.29, 0.717) is 35.9 Å². The van der Waals surface area contributed by atoms with Crippen LogP contribution in [-0.2, 0) is 11.2 Å². The second-order valence-corrected chi connectivity index (χ2v) is 7.79. The quantitative estimate of drug-likeness (QED) is 0.528. The zero-order chi connectivity index (χ0) is 22.7. The second-order valence-electron chi connectivity index (χ2n) is 7.79. The highest BCUT2D eigenvalue weighted by atomic mass is 16.5. The Bertz CT molecular complexity index is 1150. The molecule has 0 bridgehead atoms. The van der Waals surface area contributed by atoms with Gasteiger partial charge in [0.25, 0.3) is 5.91 Å². The van der Waals surface area contributed by atoms with Crippen molar-refractivity contribution in [2.75, 3.05) is 24.4 Å². The van der Waals surface area contributed by atoms with Gasteiger partial charge in [-0.2, -0.15) is 10.1 Å². The maximum atomic E-state index is 13.5. The zero-order valence-electron chi connectivity index (χ0n) is 18.4. The first-order chi connectivity index (χ1) is 15.5. The predicted molar refractivity (Wildman–Crippen MR) is 123 cm³/mol. The third kappa shape index (κ3) is 4.36. The Balaban J connectivity index is 1.73. The number of aliphatic hydroxyl groups is 1. The smallest absolute Gasteiger partial charge is 0.255 e. The van der Waals surface area contributed by atoms with Crippen molar-refractivity contribution < 1.29 is 14.6 Å². The Hall–Kier alpha value is -3.65. The van der Waals surface area contributed by atoms with Crippen molar-refractivity contribution in [1.82, 2.24) is 14.8 Å². The molecule has 3 aromatic rings. The van der Waals surface area contributed by atoms with Crippen molar-refractivity contribution in [3.8, 4) is 5.75 Å². The molecule has 0 saturated carbocycles. The number of rotatable bonds is 7. The van der Waals surface area contributed by atoms with Crippen LogP contribution in [-0.4, -0.2) is 39.5 Å². The fourth-order valence-electron chi connectivity index (χ4n) is 3.85. The summed E-state index contributed by atoms with van der Waals surface area (Å²) in [6.45, 7) is 3.97. The van der Waals surface area contributed by atoms with Crippen LogP contribution in [0.4, 0.5) is 11.6 Å². The summed E-state index contributed by atoms with van der Waals surface area (Å²) in [5.74, 6) is 1.72. The van der Waals surface area contributed by atoms with E-state index in [4.69, 9.17) is 4.74 Å². The van der Waals surface area contributed by atoms with Gasteiger partial charge in [-0.15, -0.1) is 0 Å². The third-order valence-corrected chi connectivity index (χ3v) is 5.41. The lowest BCUT2D eigenvalue weighted by molar-refractivity contribution is -0.113. The van der Waals surface area contributed by atoms with Crippen LogP contribution < -0.4 is 15.4 Å². The summed E-state index contributed by atoms with van der Waals surface area (Å²) in [7, 11) is 1.60. The van der Waals surface area contributed by atoms with Gasteiger partial charge >= 0.3 is 0 Å². The number of hydrogen-bond acceptors (Lipinski definition) is 6. The number of allylic oxidation sites excluding steroid dienone is 1. The number of fused-ring (bicyclic) bond motifs is 1. The lowest BCUT2D eigenvalue weighted by atomic mass is 9.94. The molecule has 166 valence electrons. The number of carbonyl (C=O) groups excluding carboxylic acids is 1. The van der Waals surface area contributed by atoms with Crippen LogP contribution in [0.25, 0.3) is 0 Å². The Kier molecular flexibility index (Phi) is 6.23. The first-order valence-electron chi connectivity index (χ1n) is 10.6. The Labute approximate surface area is 186 Å². The van der Waals surface area contributed by atoms with Crippen molar-refractivity contribution in [3.05, 3.63) is 76.8 Å². The lowest BCUT2D eigenvalue weighted by Crippen LogP contribution is -2.31. The molecule has 2 heterocycles. The van der Waals surface area contributed by atoms with Gasteiger partial charge in [0.1, 0.15) is 11.8 Å². The maximum Gasteiger partial charge on any atom is 0.255 e. The molecule has 0 spiro atoms. The SMILES string of the molecule is COc1ccc(NC(=O)C2=C(C)Nc3nc(CCCO)nn3C2c2cccc(C)c2)cc1. The monoisotopic (exact) mass is 433 g/mol. The highest BCUT2D eigenvalue weighted by Crippen LogP contribution is 2.36. The minimum atomic E-state index is -0.431. The van der Waals surface area contributed by atoms with E-state index in [1.807, 2.05) is 32.0 Å². The van der Waals surface area contributed by atoms with E-state index < -0.39 is 6.04 Å². The molecular weight excluding hydrogens is 406 g/mol. The Morgan fingerprint density at radius 3 is 2.69 bits per heavy atom. The Morgan fingerprint density at radius 2 is 2.00 bits per heavy atom. The summed E-state index contributed by atoms with van der Waals surface area (Å²) in [6.07, 6.45) is 1.14. The van der Waals surface area contributed by atoms with Crippen molar-refractivity contribution in [1.29, 1.82) is 0 Å². The highest BCUT2D eigenvalue weighted by Gasteiger charge is 2.34. The molecule has 0 saturated heterocycles. The Morgan fingerprint density at radius 1 is 1.22 bits per heavy atom. The number of carbonyl (C=O) groups is 1. The van der Waals surface area contributed by atoms with Gasteiger partial charge in [0, 0.05) is 24.4 Å². The van der Waals surface area contributed by atoms with Crippen molar-refractivity contribution in [3.63, 3.8) is 0 Å². The highest BCUT2D eigenvalue weighted by molar-refractivity contribution is 6.06. The molecule has 0 radical (unpaired) electrons. The number of aryl methyl sites for hydroxylation is 2. The average molecular weight is 434 g/mol. The molecule has 8 nitrogen and oxygen atoms in total. The minimum absolute atomic E-state index is 0.0748. The second kappa shape index (κ2) is 9.23. The van der Waals surface area contributed by atoms with E-state index >= 15 is 0 Å². The molecule has 3 N–H and O–H groups in total. The fraction of sp³-hybridized carbons (Fsp3) is 0.292. The van der Waals surface area contributed by atoms with Crippen molar-refractivity contribution in [2.24, 2.45) is 0 Å². The van der Waals surface area contributed by atoms with Gasteiger partial charge in [-0.1, -0.05) is 29.8 Å². The molecule has 1 unspecified atom stereocenters. The van der Waals surface area contributed by atoms with Gasteiger partial charge in [-0.3, -0.25) is 4.79 Å². The zero-order valence-corrected chi connectivity index (χ0v) is 18.4. The van der Waals surface area contributed by atoms with E-state index in [9.17, 15) is 9.90 Å². The maximum absolute atomic E-state index is 13.5. The molecular formula is C24H27N5O3. The van der Waals surface area contributed by atoms with Crippen LogP contribution in [0, 0.1) is 6.92 Å². The molecule has 2 aromatic carbocycles. The number of nitrogens with one attached hydrogen (secondary N) is 2. The van der Waals surface area contributed by atoms with Gasteiger partial charge in [0.2, 0.25) is 5.95 Å². The average Bonchev–Trinajstić information content (AvgIpc) is 3.19. The van der Waals surface area contributed by atoms with Gasteiger partial charge in [-0.05, 0) is 50.1 Å². The van der Waals surface area contributed by atoms with E-state index in [-0.39, 0.29) is 12.5 Å². The third-order valence-electron chi connectivity index (χ3n) is 5.41. The summed E-state index contributed by atoms with van der Waals surface area (Å²) in [4.78, 5) is 18.0. The summed E-state index contributed by atoms with van der Waals surface area (Å²) in [6, 6.07) is 14.8. The number of amides is 1. The first-order valence-corrected chi connectivity index (χ1v) is 10.6. The predicted octanol–water partition coefficient (Wildman–Crippen LogP) is 3.45. The van der Waals surface area contributed by atoms with E-state index in [2.05, 4.69) is 26.8 Å². The van der Waals surface area contributed by atoms with Crippen LogP contribution >= 0.6 is 0 Å². The normalized spacial score (nSPS) is 15.2. The van der Waals surface area contributed by atoms with Crippen LogP contribution in [0.3, 0.4) is 0 Å². The van der Waals surface area contributed by atoms with Crippen LogP contribution in [0.15, 0.2) is 59.8 Å². The van der Waals surface area contributed by atoms with E-state index in [1.54, 1.807) is 36.1 Å². The van der Waals surface area contributed by atoms with Crippen LogP contribution in [0.1, 0.15) is 36.3 Å². The molecule has 4 rings (SSSR count). The van der Waals surface area contributed by atoms with Crippen LogP contribution in [0.2, 0.25) is 0 Å². The summed E-state index contributed by atoms with van der Waals surface area (Å²) in [5, 5.41) is 20.1. The van der Waals surface area contributed by atoms with Crippen molar-refractivity contribution in [2.45, 2.75) is 32.7 Å². The molecule has 1 amide bonds. The lowest BCUT2D eigenvalue weighted by Gasteiger charge is -2.29. The summed E-state index contributed by atoms with van der Waals surface area (Å²) >= 11 is 0. The van der Waals surface area contributed by atoms with E-state index in [1.165, 1.54) is 0 Å². The topological polar surface area (TPSA) is 101 Å². The van der Waals surface area contributed by atoms with Crippen molar-refractivity contribution >= 4 is 17.5 Å². The molecule has 1 aliphatic rings. The van der Waals surface area contributed by atoms with Gasteiger partial charge in [0.15, 0.2) is 5.82 Å². The number of nitrogens with zero attached hydrogens (tertiary/aromatic N) is 3. The van der Waals surface area contributed by atoms with Crippen LogP contribution in [0.5, 0.6) is 5.75 Å². The largest absolute Gasteiger partial charge is 0.497 e. The number of aromatic nitrogens is 3. The van der Waals surface area contributed by atoms with Gasteiger partial charge in [0.05, 0.1) is 12.7 Å². The summed E-state index contributed by atoms with van der Waals surface area (Å²) in [5.41, 5.74) is 4.00.